The fourth-order valence-electron chi connectivity index (χ4n) is 2.18. The van der Waals surface area contributed by atoms with Gasteiger partial charge in [-0.3, -0.25) is 4.79 Å². The molecule has 1 amide bonds. The maximum atomic E-state index is 12.3. The lowest BCUT2D eigenvalue weighted by Crippen LogP contribution is -2.48. The molecule has 2 heterocycles. The van der Waals surface area contributed by atoms with Gasteiger partial charge in [-0.25, -0.2) is 0 Å². The molecule has 2 unspecified atom stereocenters. The molecule has 2 rings (SSSR count). The Labute approximate surface area is 106 Å². The van der Waals surface area contributed by atoms with Crippen molar-refractivity contribution in [2.45, 2.75) is 39.4 Å². The quantitative estimate of drug-likeness (QED) is 0.810. The zero-order valence-electron chi connectivity index (χ0n) is 10.6. The van der Waals surface area contributed by atoms with E-state index >= 15 is 0 Å². The Balaban J connectivity index is 2.08. The van der Waals surface area contributed by atoms with E-state index < -0.39 is 0 Å². The number of carbonyl (C=O) groups excluding carboxylic acids is 1. The SMILES string of the molecule is CCc1ccc(C(=O)N2CC(C)OC(C)C2)s1. The highest BCUT2D eigenvalue weighted by molar-refractivity contribution is 7.14. The predicted octanol–water partition coefficient (Wildman–Crippen LogP) is 2.56. The van der Waals surface area contributed by atoms with Crippen LogP contribution in [0.5, 0.6) is 0 Å². The molecule has 0 aromatic carbocycles. The minimum atomic E-state index is 0.133. The molecule has 0 radical (unpaired) electrons. The zero-order chi connectivity index (χ0) is 12.4. The average Bonchev–Trinajstić information content (AvgIpc) is 2.75. The van der Waals surface area contributed by atoms with Crippen molar-refractivity contribution in [3.8, 4) is 0 Å². The van der Waals surface area contributed by atoms with E-state index in [0.717, 1.165) is 11.3 Å². The van der Waals surface area contributed by atoms with Gasteiger partial charge in [0.15, 0.2) is 0 Å². The zero-order valence-corrected chi connectivity index (χ0v) is 11.4. The third kappa shape index (κ3) is 2.87. The highest BCUT2D eigenvalue weighted by Gasteiger charge is 2.27. The number of carbonyl (C=O) groups is 1. The molecule has 1 aromatic rings. The molecule has 0 bridgehead atoms. The van der Waals surface area contributed by atoms with E-state index in [9.17, 15) is 4.79 Å². The summed E-state index contributed by atoms with van der Waals surface area (Å²) in [4.78, 5) is 16.3. The van der Waals surface area contributed by atoms with Gasteiger partial charge in [-0.1, -0.05) is 6.92 Å². The first-order valence-corrected chi connectivity index (χ1v) is 6.95. The van der Waals surface area contributed by atoms with E-state index in [1.165, 1.54) is 4.88 Å². The van der Waals surface area contributed by atoms with E-state index in [1.807, 2.05) is 30.9 Å². The first kappa shape index (κ1) is 12.6. The molecule has 0 aliphatic carbocycles. The first-order valence-electron chi connectivity index (χ1n) is 6.13. The molecule has 2 atom stereocenters. The van der Waals surface area contributed by atoms with Crippen molar-refractivity contribution in [3.63, 3.8) is 0 Å². The summed E-state index contributed by atoms with van der Waals surface area (Å²) < 4.78 is 5.64. The summed E-state index contributed by atoms with van der Waals surface area (Å²) in [5.74, 6) is 0.150. The summed E-state index contributed by atoms with van der Waals surface area (Å²) in [7, 11) is 0. The molecule has 1 saturated heterocycles. The van der Waals surface area contributed by atoms with Crippen LogP contribution < -0.4 is 0 Å². The number of thiophene rings is 1. The maximum absolute atomic E-state index is 12.3. The maximum Gasteiger partial charge on any atom is 0.264 e. The highest BCUT2D eigenvalue weighted by atomic mass is 32.1. The lowest BCUT2D eigenvalue weighted by Gasteiger charge is -2.35. The second-order valence-electron chi connectivity index (χ2n) is 4.59. The number of aryl methyl sites for hydroxylation is 1. The minimum Gasteiger partial charge on any atom is -0.372 e. The number of amides is 1. The van der Waals surface area contributed by atoms with E-state index in [1.54, 1.807) is 11.3 Å². The molecular formula is C13H19NO2S. The number of rotatable bonds is 2. The average molecular weight is 253 g/mol. The Hall–Kier alpha value is -0.870. The van der Waals surface area contributed by atoms with Crippen LogP contribution >= 0.6 is 11.3 Å². The van der Waals surface area contributed by atoms with Gasteiger partial charge in [0.25, 0.3) is 5.91 Å². The van der Waals surface area contributed by atoms with Crippen LogP contribution in [0.25, 0.3) is 0 Å². The largest absolute Gasteiger partial charge is 0.372 e. The summed E-state index contributed by atoms with van der Waals surface area (Å²) in [5, 5.41) is 0. The van der Waals surface area contributed by atoms with Gasteiger partial charge in [0, 0.05) is 18.0 Å². The van der Waals surface area contributed by atoms with Crippen molar-refractivity contribution >= 4 is 17.2 Å². The Morgan fingerprint density at radius 3 is 2.59 bits per heavy atom. The van der Waals surface area contributed by atoms with Gasteiger partial charge in [-0.05, 0) is 32.4 Å². The number of nitrogens with zero attached hydrogens (tertiary/aromatic N) is 1. The topological polar surface area (TPSA) is 29.5 Å². The van der Waals surface area contributed by atoms with Crippen LogP contribution in [0.2, 0.25) is 0 Å². The van der Waals surface area contributed by atoms with Crippen LogP contribution in [-0.2, 0) is 11.2 Å². The lowest BCUT2D eigenvalue weighted by molar-refractivity contribution is -0.0585. The third-order valence-electron chi connectivity index (χ3n) is 2.93. The van der Waals surface area contributed by atoms with Crippen LogP contribution in [0.15, 0.2) is 12.1 Å². The first-order chi connectivity index (χ1) is 8.10. The van der Waals surface area contributed by atoms with Crippen molar-refractivity contribution in [3.05, 3.63) is 21.9 Å². The second kappa shape index (κ2) is 5.19. The molecule has 0 saturated carbocycles. The van der Waals surface area contributed by atoms with Gasteiger partial charge >= 0.3 is 0 Å². The normalized spacial score (nSPS) is 25.0. The number of hydrogen-bond donors (Lipinski definition) is 0. The molecule has 17 heavy (non-hydrogen) atoms. The van der Waals surface area contributed by atoms with Gasteiger partial charge in [-0.15, -0.1) is 11.3 Å². The summed E-state index contributed by atoms with van der Waals surface area (Å²) in [6.45, 7) is 7.54. The van der Waals surface area contributed by atoms with Crippen LogP contribution in [-0.4, -0.2) is 36.1 Å². The number of morpholine rings is 1. The van der Waals surface area contributed by atoms with Gasteiger partial charge in [0.1, 0.15) is 0 Å². The molecule has 1 fully saturated rings. The monoisotopic (exact) mass is 253 g/mol. The van der Waals surface area contributed by atoms with E-state index in [0.29, 0.717) is 13.1 Å². The number of hydrogen-bond acceptors (Lipinski definition) is 3. The molecule has 4 heteroatoms. The summed E-state index contributed by atoms with van der Waals surface area (Å²) in [6, 6.07) is 3.99. The van der Waals surface area contributed by atoms with Crippen molar-refractivity contribution in [1.29, 1.82) is 0 Å². The molecule has 1 aromatic heterocycles. The standard InChI is InChI=1S/C13H19NO2S/c1-4-11-5-6-12(17-11)13(15)14-7-9(2)16-10(3)8-14/h5-6,9-10H,4,7-8H2,1-3H3. The molecule has 0 N–H and O–H groups in total. The fraction of sp³-hybridized carbons (Fsp3) is 0.615. The van der Waals surface area contributed by atoms with Crippen molar-refractivity contribution < 1.29 is 9.53 Å². The van der Waals surface area contributed by atoms with Crippen LogP contribution in [0.1, 0.15) is 35.3 Å². The highest BCUT2D eigenvalue weighted by Crippen LogP contribution is 2.21. The smallest absolute Gasteiger partial charge is 0.264 e. The van der Waals surface area contributed by atoms with E-state index in [4.69, 9.17) is 4.74 Å². The Morgan fingerprint density at radius 1 is 1.41 bits per heavy atom. The van der Waals surface area contributed by atoms with Crippen LogP contribution in [0.4, 0.5) is 0 Å². The minimum absolute atomic E-state index is 0.133. The molecule has 3 nitrogen and oxygen atoms in total. The van der Waals surface area contributed by atoms with Crippen LogP contribution in [0.3, 0.4) is 0 Å². The number of ether oxygens (including phenoxy) is 1. The molecule has 94 valence electrons. The van der Waals surface area contributed by atoms with Gasteiger partial charge in [0.05, 0.1) is 17.1 Å². The Kier molecular flexibility index (Phi) is 3.84. The van der Waals surface area contributed by atoms with Crippen molar-refractivity contribution in [2.24, 2.45) is 0 Å². The second-order valence-corrected chi connectivity index (χ2v) is 5.76. The molecule has 0 spiro atoms. The molecular weight excluding hydrogens is 234 g/mol. The van der Waals surface area contributed by atoms with Gasteiger partial charge in [0.2, 0.25) is 0 Å². The van der Waals surface area contributed by atoms with E-state index in [-0.39, 0.29) is 18.1 Å². The molecule has 1 aliphatic rings. The van der Waals surface area contributed by atoms with Gasteiger partial charge in [-0.2, -0.15) is 0 Å². The van der Waals surface area contributed by atoms with Crippen molar-refractivity contribution in [1.82, 2.24) is 4.90 Å². The molecule has 1 aliphatic heterocycles. The van der Waals surface area contributed by atoms with Gasteiger partial charge < -0.3 is 9.64 Å². The third-order valence-corrected chi connectivity index (χ3v) is 4.15. The lowest BCUT2D eigenvalue weighted by atomic mass is 10.2. The Morgan fingerprint density at radius 2 is 2.06 bits per heavy atom. The summed E-state index contributed by atoms with van der Waals surface area (Å²) >= 11 is 1.61. The fourth-order valence-corrected chi connectivity index (χ4v) is 3.10. The summed E-state index contributed by atoms with van der Waals surface area (Å²) in [6.07, 6.45) is 1.26. The Bertz CT molecular complexity index is 392. The van der Waals surface area contributed by atoms with E-state index in [2.05, 4.69) is 6.92 Å². The van der Waals surface area contributed by atoms with Crippen LogP contribution in [0, 0.1) is 0 Å². The predicted molar refractivity (Wildman–Crippen MR) is 69.6 cm³/mol. The summed E-state index contributed by atoms with van der Waals surface area (Å²) in [5.41, 5.74) is 0. The van der Waals surface area contributed by atoms with Crippen molar-refractivity contribution in [2.75, 3.05) is 13.1 Å².